The monoisotopic (exact) mass is 366 g/mol. The lowest BCUT2D eigenvalue weighted by Gasteiger charge is -2.05. The number of aryl methyl sites for hydroxylation is 2. The number of benzene rings is 2. The SMILES string of the molecule is Cc1cc2c(C)noc2cc1-c1ccc(C(=O)Nc2ccccc2F)s1. The zero-order chi connectivity index (χ0) is 18.3. The number of aromatic nitrogens is 1. The molecule has 2 aromatic carbocycles. The van der Waals surface area contributed by atoms with Crippen LogP contribution in [0.5, 0.6) is 0 Å². The van der Waals surface area contributed by atoms with Gasteiger partial charge in [0.05, 0.1) is 16.3 Å². The lowest BCUT2D eigenvalue weighted by atomic mass is 10.0. The number of anilines is 1. The van der Waals surface area contributed by atoms with Crippen molar-refractivity contribution in [3.63, 3.8) is 0 Å². The molecule has 0 saturated heterocycles. The molecule has 0 aliphatic heterocycles. The third-order valence-electron chi connectivity index (χ3n) is 4.21. The molecule has 0 radical (unpaired) electrons. The first-order chi connectivity index (χ1) is 12.5. The predicted molar refractivity (Wildman–Crippen MR) is 101 cm³/mol. The Kier molecular flexibility index (Phi) is 4.05. The van der Waals surface area contributed by atoms with E-state index in [2.05, 4.69) is 10.5 Å². The van der Waals surface area contributed by atoms with Crippen molar-refractivity contribution in [1.29, 1.82) is 0 Å². The molecule has 1 N–H and O–H groups in total. The van der Waals surface area contributed by atoms with Crippen LogP contribution in [0.1, 0.15) is 20.9 Å². The average molecular weight is 366 g/mol. The van der Waals surface area contributed by atoms with Crippen LogP contribution in [-0.2, 0) is 0 Å². The van der Waals surface area contributed by atoms with Gasteiger partial charge in [0.15, 0.2) is 5.58 Å². The molecule has 130 valence electrons. The Hall–Kier alpha value is -2.99. The second-order valence-electron chi connectivity index (χ2n) is 6.03. The lowest BCUT2D eigenvalue weighted by Crippen LogP contribution is -2.11. The largest absolute Gasteiger partial charge is 0.356 e. The first-order valence-electron chi connectivity index (χ1n) is 8.05. The van der Waals surface area contributed by atoms with E-state index in [1.165, 1.54) is 23.5 Å². The number of carbonyl (C=O) groups is 1. The van der Waals surface area contributed by atoms with Gasteiger partial charge in [0, 0.05) is 10.3 Å². The van der Waals surface area contributed by atoms with E-state index in [4.69, 9.17) is 4.52 Å². The molecule has 0 unspecified atom stereocenters. The summed E-state index contributed by atoms with van der Waals surface area (Å²) in [6, 6.07) is 13.7. The maximum atomic E-state index is 13.7. The highest BCUT2D eigenvalue weighted by Crippen LogP contribution is 2.34. The fourth-order valence-corrected chi connectivity index (χ4v) is 3.81. The Morgan fingerprint density at radius 2 is 1.96 bits per heavy atom. The van der Waals surface area contributed by atoms with E-state index in [1.54, 1.807) is 18.2 Å². The number of hydrogen-bond acceptors (Lipinski definition) is 4. The molecule has 4 aromatic rings. The van der Waals surface area contributed by atoms with Crippen LogP contribution in [-0.4, -0.2) is 11.1 Å². The molecular weight excluding hydrogens is 351 g/mol. The van der Waals surface area contributed by atoms with Crippen molar-refractivity contribution in [2.45, 2.75) is 13.8 Å². The predicted octanol–water partition coefficient (Wildman–Crippen LogP) is 5.56. The summed E-state index contributed by atoms with van der Waals surface area (Å²) in [4.78, 5) is 13.9. The third kappa shape index (κ3) is 2.88. The molecule has 26 heavy (non-hydrogen) atoms. The number of halogens is 1. The summed E-state index contributed by atoms with van der Waals surface area (Å²) in [7, 11) is 0. The number of nitrogens with one attached hydrogen (secondary N) is 1. The Balaban J connectivity index is 1.65. The molecule has 2 aromatic heterocycles. The molecular formula is C20H15FN2O2S. The van der Waals surface area contributed by atoms with Gasteiger partial charge in [-0.05, 0) is 61.4 Å². The molecule has 0 aliphatic rings. The van der Waals surface area contributed by atoms with Crippen LogP contribution in [0, 0.1) is 19.7 Å². The molecule has 0 saturated carbocycles. The van der Waals surface area contributed by atoms with Crippen molar-refractivity contribution in [1.82, 2.24) is 5.16 Å². The summed E-state index contributed by atoms with van der Waals surface area (Å²) in [5, 5.41) is 7.58. The van der Waals surface area contributed by atoms with Crippen molar-refractivity contribution in [2.75, 3.05) is 5.32 Å². The molecule has 1 amide bonds. The second kappa shape index (κ2) is 6.38. The van der Waals surface area contributed by atoms with Gasteiger partial charge in [-0.3, -0.25) is 4.79 Å². The molecule has 6 heteroatoms. The van der Waals surface area contributed by atoms with Crippen LogP contribution in [0.2, 0.25) is 0 Å². The number of rotatable bonds is 3. The highest BCUT2D eigenvalue weighted by atomic mass is 32.1. The van der Waals surface area contributed by atoms with Gasteiger partial charge in [0.25, 0.3) is 5.91 Å². The minimum absolute atomic E-state index is 0.169. The topological polar surface area (TPSA) is 55.1 Å². The summed E-state index contributed by atoms with van der Waals surface area (Å²) in [5.41, 5.74) is 3.80. The van der Waals surface area contributed by atoms with Gasteiger partial charge in [0.2, 0.25) is 0 Å². The van der Waals surface area contributed by atoms with E-state index in [0.717, 1.165) is 27.1 Å². The van der Waals surface area contributed by atoms with E-state index in [-0.39, 0.29) is 11.6 Å². The second-order valence-corrected chi connectivity index (χ2v) is 7.11. The smallest absolute Gasteiger partial charge is 0.265 e. The minimum Gasteiger partial charge on any atom is -0.356 e. The van der Waals surface area contributed by atoms with E-state index in [9.17, 15) is 9.18 Å². The first kappa shape index (κ1) is 16.5. The number of hydrogen-bond donors (Lipinski definition) is 1. The molecule has 0 fully saturated rings. The fraction of sp³-hybridized carbons (Fsp3) is 0.100. The average Bonchev–Trinajstić information content (AvgIpc) is 3.24. The standard InChI is InChI=1S/C20H15FN2O2S/c1-11-9-14-12(2)23-25-17(14)10-13(11)18-7-8-19(26-18)20(24)22-16-6-4-3-5-15(16)21/h3-10H,1-2H3,(H,22,24). The number of amides is 1. The molecule has 2 heterocycles. The summed E-state index contributed by atoms with van der Waals surface area (Å²) >= 11 is 1.35. The minimum atomic E-state index is -0.459. The zero-order valence-electron chi connectivity index (χ0n) is 14.2. The Morgan fingerprint density at radius 1 is 1.15 bits per heavy atom. The van der Waals surface area contributed by atoms with Crippen LogP contribution in [0.25, 0.3) is 21.4 Å². The van der Waals surface area contributed by atoms with E-state index in [0.29, 0.717) is 10.5 Å². The molecule has 0 bridgehead atoms. The van der Waals surface area contributed by atoms with Crippen molar-refractivity contribution >= 4 is 33.9 Å². The van der Waals surface area contributed by atoms with Crippen molar-refractivity contribution in [3.8, 4) is 10.4 Å². The Morgan fingerprint density at radius 3 is 2.77 bits per heavy atom. The highest BCUT2D eigenvalue weighted by molar-refractivity contribution is 7.17. The fourth-order valence-electron chi connectivity index (χ4n) is 2.83. The molecule has 4 rings (SSSR count). The maximum Gasteiger partial charge on any atom is 0.265 e. The van der Waals surface area contributed by atoms with Gasteiger partial charge in [-0.2, -0.15) is 0 Å². The molecule has 0 spiro atoms. The van der Waals surface area contributed by atoms with Crippen LogP contribution in [0.4, 0.5) is 10.1 Å². The quantitative estimate of drug-likeness (QED) is 0.516. The number of carbonyl (C=O) groups excluding carboxylic acids is 1. The molecule has 0 aliphatic carbocycles. The summed E-state index contributed by atoms with van der Waals surface area (Å²) < 4.78 is 19.1. The third-order valence-corrected chi connectivity index (χ3v) is 5.33. The number of nitrogens with zero attached hydrogens (tertiary/aromatic N) is 1. The molecule has 4 nitrogen and oxygen atoms in total. The number of para-hydroxylation sites is 1. The van der Waals surface area contributed by atoms with E-state index < -0.39 is 5.82 Å². The van der Waals surface area contributed by atoms with Gasteiger partial charge < -0.3 is 9.84 Å². The Bertz CT molecular complexity index is 1130. The van der Waals surface area contributed by atoms with Gasteiger partial charge >= 0.3 is 0 Å². The van der Waals surface area contributed by atoms with Crippen LogP contribution >= 0.6 is 11.3 Å². The summed E-state index contributed by atoms with van der Waals surface area (Å²) in [6.45, 7) is 3.92. The van der Waals surface area contributed by atoms with Gasteiger partial charge in [0.1, 0.15) is 5.82 Å². The van der Waals surface area contributed by atoms with Gasteiger partial charge in [-0.1, -0.05) is 17.3 Å². The van der Waals surface area contributed by atoms with Crippen molar-refractivity contribution in [2.24, 2.45) is 0 Å². The van der Waals surface area contributed by atoms with Crippen LogP contribution in [0.3, 0.4) is 0 Å². The molecule has 0 atom stereocenters. The zero-order valence-corrected chi connectivity index (χ0v) is 15.0. The van der Waals surface area contributed by atoms with E-state index >= 15 is 0 Å². The Labute approximate surface area is 153 Å². The maximum absolute atomic E-state index is 13.7. The van der Waals surface area contributed by atoms with Crippen LogP contribution in [0.15, 0.2) is 53.1 Å². The number of fused-ring (bicyclic) bond motifs is 1. The van der Waals surface area contributed by atoms with Gasteiger partial charge in [-0.15, -0.1) is 11.3 Å². The summed E-state index contributed by atoms with van der Waals surface area (Å²) in [5.74, 6) is -0.791. The lowest BCUT2D eigenvalue weighted by molar-refractivity contribution is 0.103. The normalized spacial score (nSPS) is 11.0. The van der Waals surface area contributed by atoms with Crippen LogP contribution < -0.4 is 5.32 Å². The highest BCUT2D eigenvalue weighted by Gasteiger charge is 2.15. The first-order valence-corrected chi connectivity index (χ1v) is 8.87. The summed E-state index contributed by atoms with van der Waals surface area (Å²) in [6.07, 6.45) is 0. The van der Waals surface area contributed by atoms with Crippen molar-refractivity contribution < 1.29 is 13.7 Å². The van der Waals surface area contributed by atoms with E-state index in [1.807, 2.05) is 32.0 Å². The van der Waals surface area contributed by atoms with Gasteiger partial charge in [-0.25, -0.2) is 4.39 Å². The van der Waals surface area contributed by atoms with Crippen molar-refractivity contribution in [3.05, 3.63) is 70.5 Å². The number of thiophene rings is 1.